The highest BCUT2D eigenvalue weighted by molar-refractivity contribution is 7.08. The van der Waals surface area contributed by atoms with Crippen LogP contribution in [0.25, 0.3) is 0 Å². The molecule has 0 fully saturated rings. The van der Waals surface area contributed by atoms with E-state index in [0.29, 0.717) is 0 Å². The molecule has 0 aliphatic rings. The molecule has 0 aliphatic carbocycles. The minimum Gasteiger partial charge on any atom is -0.318 e. The van der Waals surface area contributed by atoms with Gasteiger partial charge >= 0.3 is 0 Å². The van der Waals surface area contributed by atoms with E-state index in [-0.39, 0.29) is 6.04 Å². The maximum atomic E-state index is 5.62. The van der Waals surface area contributed by atoms with Crippen LogP contribution in [0.4, 0.5) is 0 Å². The van der Waals surface area contributed by atoms with Gasteiger partial charge in [0, 0.05) is 10.9 Å². The molecule has 11 heavy (non-hydrogen) atoms. The molecule has 1 rings (SSSR count). The van der Waals surface area contributed by atoms with Gasteiger partial charge in [0.2, 0.25) is 0 Å². The number of nitrogens with two attached hydrogens (primary N) is 1. The van der Waals surface area contributed by atoms with Crippen molar-refractivity contribution in [2.75, 3.05) is 0 Å². The monoisotopic (exact) mass is 165 g/mol. The van der Waals surface area contributed by atoms with Crippen molar-refractivity contribution in [1.29, 1.82) is 0 Å². The Morgan fingerprint density at radius 1 is 1.73 bits per heavy atom. The molecule has 58 valence electrons. The molecular formula is C9H11NS. The number of thiophene rings is 1. The molecule has 0 aromatic carbocycles. The van der Waals surface area contributed by atoms with Gasteiger partial charge in [-0.1, -0.05) is 18.8 Å². The lowest BCUT2D eigenvalue weighted by Gasteiger charge is -1.93. The fourth-order valence-electron chi connectivity index (χ4n) is 0.614. The lowest BCUT2D eigenvalue weighted by atomic mass is 10.2. The summed E-state index contributed by atoms with van der Waals surface area (Å²) in [4.78, 5) is 0. The Morgan fingerprint density at radius 3 is 3.09 bits per heavy atom. The second kappa shape index (κ2) is 4.17. The summed E-state index contributed by atoms with van der Waals surface area (Å²) in [6.45, 7) is 2.03. The standard InChI is InChI=1S/C9H11NS/c1-2-9(10)4-3-8-5-6-11-7-8/h5-7,9H,2,10H2,1H3. The van der Waals surface area contributed by atoms with Crippen molar-refractivity contribution in [2.24, 2.45) is 5.73 Å². The highest BCUT2D eigenvalue weighted by atomic mass is 32.1. The second-order valence-electron chi connectivity index (χ2n) is 2.30. The SMILES string of the molecule is CCC(N)C#Cc1ccsc1. The summed E-state index contributed by atoms with van der Waals surface area (Å²) in [5.41, 5.74) is 6.69. The van der Waals surface area contributed by atoms with E-state index >= 15 is 0 Å². The van der Waals surface area contributed by atoms with Crippen molar-refractivity contribution in [3.63, 3.8) is 0 Å². The lowest BCUT2D eigenvalue weighted by Crippen LogP contribution is -2.15. The van der Waals surface area contributed by atoms with Crippen LogP contribution in [0.3, 0.4) is 0 Å². The first-order chi connectivity index (χ1) is 5.33. The fourth-order valence-corrected chi connectivity index (χ4v) is 1.20. The van der Waals surface area contributed by atoms with Crippen molar-refractivity contribution in [2.45, 2.75) is 19.4 Å². The number of rotatable bonds is 1. The Morgan fingerprint density at radius 2 is 2.55 bits per heavy atom. The Bertz CT molecular complexity index is 253. The second-order valence-corrected chi connectivity index (χ2v) is 3.08. The van der Waals surface area contributed by atoms with E-state index in [9.17, 15) is 0 Å². The predicted octanol–water partition coefficient (Wildman–Crippen LogP) is 1.84. The topological polar surface area (TPSA) is 26.0 Å². The Labute approximate surface area is 71.2 Å². The number of hydrogen-bond acceptors (Lipinski definition) is 2. The minimum atomic E-state index is 0.0231. The molecule has 0 radical (unpaired) electrons. The van der Waals surface area contributed by atoms with E-state index in [2.05, 4.69) is 11.8 Å². The Balaban J connectivity index is 2.58. The molecule has 1 heterocycles. The normalized spacial score (nSPS) is 11.8. The van der Waals surface area contributed by atoms with Crippen LogP contribution in [-0.2, 0) is 0 Å². The predicted molar refractivity (Wildman–Crippen MR) is 49.5 cm³/mol. The van der Waals surface area contributed by atoms with Crippen LogP contribution in [0, 0.1) is 11.8 Å². The first-order valence-electron chi connectivity index (χ1n) is 3.62. The molecule has 1 atom stereocenters. The fraction of sp³-hybridized carbons (Fsp3) is 0.333. The van der Waals surface area contributed by atoms with E-state index in [0.717, 1.165) is 12.0 Å². The lowest BCUT2D eigenvalue weighted by molar-refractivity contribution is 0.806. The van der Waals surface area contributed by atoms with E-state index in [1.165, 1.54) is 0 Å². The van der Waals surface area contributed by atoms with Gasteiger partial charge < -0.3 is 5.73 Å². The molecule has 0 amide bonds. The zero-order valence-electron chi connectivity index (χ0n) is 6.50. The summed E-state index contributed by atoms with van der Waals surface area (Å²) in [6.07, 6.45) is 0.914. The van der Waals surface area contributed by atoms with Gasteiger partial charge in [-0.15, -0.1) is 0 Å². The van der Waals surface area contributed by atoms with E-state index in [4.69, 9.17) is 5.73 Å². The Hall–Kier alpha value is -0.780. The van der Waals surface area contributed by atoms with Gasteiger partial charge in [0.25, 0.3) is 0 Å². The highest BCUT2D eigenvalue weighted by Crippen LogP contribution is 2.03. The molecule has 0 bridgehead atoms. The highest BCUT2D eigenvalue weighted by Gasteiger charge is 1.89. The molecule has 1 aromatic heterocycles. The van der Waals surface area contributed by atoms with Crippen LogP contribution in [-0.4, -0.2) is 6.04 Å². The average molecular weight is 165 g/mol. The molecule has 0 spiro atoms. The molecule has 0 aliphatic heterocycles. The molecule has 1 aromatic rings. The summed E-state index contributed by atoms with van der Waals surface area (Å²) >= 11 is 1.66. The van der Waals surface area contributed by atoms with Crippen LogP contribution >= 0.6 is 11.3 Å². The van der Waals surface area contributed by atoms with Gasteiger partial charge in [-0.05, 0) is 17.9 Å². The first-order valence-corrected chi connectivity index (χ1v) is 4.56. The summed E-state index contributed by atoms with van der Waals surface area (Å²) < 4.78 is 0. The molecule has 2 N–H and O–H groups in total. The smallest absolute Gasteiger partial charge is 0.0665 e. The largest absolute Gasteiger partial charge is 0.318 e. The zero-order valence-corrected chi connectivity index (χ0v) is 7.32. The third-order valence-corrected chi connectivity index (χ3v) is 2.05. The van der Waals surface area contributed by atoms with E-state index < -0.39 is 0 Å². The van der Waals surface area contributed by atoms with Crippen LogP contribution in [0.15, 0.2) is 16.8 Å². The zero-order chi connectivity index (χ0) is 8.10. The quantitative estimate of drug-likeness (QED) is 0.631. The van der Waals surface area contributed by atoms with Crippen LogP contribution in [0.5, 0.6) is 0 Å². The van der Waals surface area contributed by atoms with Crippen molar-refractivity contribution in [3.8, 4) is 11.8 Å². The minimum absolute atomic E-state index is 0.0231. The summed E-state index contributed by atoms with van der Waals surface area (Å²) in [7, 11) is 0. The third kappa shape index (κ3) is 2.75. The molecule has 1 unspecified atom stereocenters. The van der Waals surface area contributed by atoms with Crippen LogP contribution in [0.2, 0.25) is 0 Å². The van der Waals surface area contributed by atoms with Crippen molar-refractivity contribution < 1.29 is 0 Å². The third-order valence-electron chi connectivity index (χ3n) is 1.36. The van der Waals surface area contributed by atoms with Gasteiger partial charge in [0.05, 0.1) is 6.04 Å². The van der Waals surface area contributed by atoms with E-state index in [1.807, 2.05) is 23.8 Å². The summed E-state index contributed by atoms with van der Waals surface area (Å²) in [5.74, 6) is 5.98. The van der Waals surface area contributed by atoms with Gasteiger partial charge in [-0.2, -0.15) is 11.3 Å². The molecule has 0 saturated carbocycles. The maximum Gasteiger partial charge on any atom is 0.0665 e. The molecular weight excluding hydrogens is 154 g/mol. The number of hydrogen-bond donors (Lipinski definition) is 1. The van der Waals surface area contributed by atoms with Gasteiger partial charge in [0.1, 0.15) is 0 Å². The van der Waals surface area contributed by atoms with Crippen LogP contribution in [0.1, 0.15) is 18.9 Å². The van der Waals surface area contributed by atoms with Crippen molar-refractivity contribution in [3.05, 3.63) is 22.4 Å². The first kappa shape index (κ1) is 8.32. The van der Waals surface area contributed by atoms with Crippen molar-refractivity contribution >= 4 is 11.3 Å². The van der Waals surface area contributed by atoms with Crippen molar-refractivity contribution in [1.82, 2.24) is 0 Å². The Kier molecular flexibility index (Phi) is 3.15. The van der Waals surface area contributed by atoms with Gasteiger partial charge in [-0.25, -0.2) is 0 Å². The van der Waals surface area contributed by atoms with Gasteiger partial charge in [-0.3, -0.25) is 0 Å². The summed E-state index contributed by atoms with van der Waals surface area (Å²) in [5, 5.41) is 4.04. The molecule has 0 saturated heterocycles. The van der Waals surface area contributed by atoms with Crippen LogP contribution < -0.4 is 5.73 Å². The van der Waals surface area contributed by atoms with Gasteiger partial charge in [0.15, 0.2) is 0 Å². The maximum absolute atomic E-state index is 5.62. The molecule has 2 heteroatoms. The van der Waals surface area contributed by atoms with E-state index in [1.54, 1.807) is 11.3 Å². The summed E-state index contributed by atoms with van der Waals surface area (Å²) in [6, 6.07) is 2.02. The average Bonchev–Trinajstić information content (AvgIpc) is 2.52. The molecule has 1 nitrogen and oxygen atoms in total.